The first-order chi connectivity index (χ1) is 11.1. The summed E-state index contributed by atoms with van der Waals surface area (Å²) in [4.78, 5) is 4.51. The third-order valence-electron chi connectivity index (χ3n) is 4.56. The van der Waals surface area contributed by atoms with E-state index in [1.165, 1.54) is 0 Å². The van der Waals surface area contributed by atoms with E-state index in [0.717, 1.165) is 31.9 Å². The molecule has 126 valence electrons. The van der Waals surface area contributed by atoms with Gasteiger partial charge in [0.15, 0.2) is 0 Å². The smallest absolute Gasteiger partial charge is 0.114 e. The van der Waals surface area contributed by atoms with Crippen molar-refractivity contribution in [1.29, 1.82) is 0 Å². The molecule has 0 spiro atoms. The molecule has 0 aromatic carbocycles. The molecule has 0 aliphatic carbocycles. The van der Waals surface area contributed by atoms with Gasteiger partial charge in [-0.05, 0) is 25.6 Å². The number of likely N-dealkylation sites (N-methyl/N-ethyl adjacent to an activating group) is 1. The second kappa shape index (κ2) is 7.23. The van der Waals surface area contributed by atoms with Crippen LogP contribution < -0.4 is 0 Å². The first-order valence-electron chi connectivity index (χ1n) is 8.13. The van der Waals surface area contributed by atoms with E-state index in [-0.39, 0.29) is 6.04 Å². The van der Waals surface area contributed by atoms with Crippen molar-refractivity contribution in [1.82, 2.24) is 29.4 Å². The highest BCUT2D eigenvalue weighted by atomic mass is 19.1. The Kier molecular flexibility index (Phi) is 5.07. The summed E-state index contributed by atoms with van der Waals surface area (Å²) in [5.74, 6) is 0. The molecular formula is C16H25FN6. The molecule has 2 aromatic heterocycles. The zero-order valence-electron chi connectivity index (χ0n) is 13.8. The largest absolute Gasteiger partial charge is 0.303 e. The van der Waals surface area contributed by atoms with Gasteiger partial charge >= 0.3 is 0 Å². The first kappa shape index (κ1) is 16.1. The second-order valence-electron chi connectivity index (χ2n) is 6.39. The number of rotatable bonds is 7. The SMILES string of the molecule is CN(CCn1cccn1)C[C@@H]1C[C@H](F)CN1Cc1ccnn1C. The van der Waals surface area contributed by atoms with Gasteiger partial charge in [-0.15, -0.1) is 0 Å². The van der Waals surface area contributed by atoms with Gasteiger partial charge in [-0.1, -0.05) is 0 Å². The average Bonchev–Trinajstić information content (AvgIpc) is 3.22. The lowest BCUT2D eigenvalue weighted by molar-refractivity contribution is 0.177. The normalized spacial score (nSPS) is 22.3. The van der Waals surface area contributed by atoms with Crippen molar-refractivity contribution in [3.05, 3.63) is 36.4 Å². The first-order valence-corrected chi connectivity index (χ1v) is 8.13. The molecule has 0 unspecified atom stereocenters. The lowest BCUT2D eigenvalue weighted by Crippen LogP contribution is -2.39. The van der Waals surface area contributed by atoms with Crippen LogP contribution in [0.25, 0.3) is 0 Å². The Hall–Kier alpha value is -1.73. The zero-order chi connectivity index (χ0) is 16.2. The molecule has 7 heteroatoms. The summed E-state index contributed by atoms with van der Waals surface area (Å²) in [5, 5.41) is 8.41. The van der Waals surface area contributed by atoms with E-state index in [2.05, 4.69) is 27.0 Å². The predicted molar refractivity (Wildman–Crippen MR) is 86.6 cm³/mol. The minimum Gasteiger partial charge on any atom is -0.303 e. The standard InChI is InChI=1S/C16H25FN6/c1-20(8-9-23-7-3-5-19-23)12-16-10-14(17)11-22(16)13-15-4-6-18-21(15)2/h3-7,14,16H,8-13H2,1-2H3/t14-,16-/m0/s1. The summed E-state index contributed by atoms with van der Waals surface area (Å²) in [6, 6.07) is 4.19. The molecule has 2 aromatic rings. The van der Waals surface area contributed by atoms with Crippen LogP contribution >= 0.6 is 0 Å². The van der Waals surface area contributed by atoms with Gasteiger partial charge in [0.1, 0.15) is 6.17 Å². The fourth-order valence-electron chi connectivity index (χ4n) is 3.23. The number of nitrogens with zero attached hydrogens (tertiary/aromatic N) is 6. The number of aryl methyl sites for hydroxylation is 1. The number of aromatic nitrogens is 4. The third-order valence-corrected chi connectivity index (χ3v) is 4.56. The van der Waals surface area contributed by atoms with Gasteiger partial charge in [0.2, 0.25) is 0 Å². The van der Waals surface area contributed by atoms with E-state index in [1.54, 1.807) is 12.4 Å². The van der Waals surface area contributed by atoms with Crippen LogP contribution in [0.3, 0.4) is 0 Å². The number of likely N-dealkylation sites (tertiary alicyclic amines) is 1. The Balaban J connectivity index is 1.53. The zero-order valence-corrected chi connectivity index (χ0v) is 13.8. The molecule has 3 rings (SSSR count). The number of halogens is 1. The Morgan fingerprint density at radius 1 is 1.35 bits per heavy atom. The van der Waals surface area contributed by atoms with Crippen molar-refractivity contribution in [2.45, 2.75) is 31.7 Å². The lowest BCUT2D eigenvalue weighted by atomic mass is 10.2. The minimum atomic E-state index is -0.729. The van der Waals surface area contributed by atoms with Crippen molar-refractivity contribution in [2.75, 3.05) is 26.7 Å². The van der Waals surface area contributed by atoms with E-state index in [4.69, 9.17) is 0 Å². The quantitative estimate of drug-likeness (QED) is 0.768. The van der Waals surface area contributed by atoms with Crippen LogP contribution in [0, 0.1) is 0 Å². The maximum absolute atomic E-state index is 13.9. The molecule has 3 heterocycles. The molecule has 2 atom stereocenters. The van der Waals surface area contributed by atoms with Crippen LogP contribution in [0.4, 0.5) is 4.39 Å². The molecule has 1 aliphatic rings. The second-order valence-corrected chi connectivity index (χ2v) is 6.39. The molecule has 1 fully saturated rings. The van der Waals surface area contributed by atoms with Crippen LogP contribution in [0.15, 0.2) is 30.7 Å². The number of hydrogen-bond donors (Lipinski definition) is 0. The molecule has 0 N–H and O–H groups in total. The van der Waals surface area contributed by atoms with E-state index >= 15 is 0 Å². The van der Waals surface area contributed by atoms with E-state index < -0.39 is 6.17 Å². The van der Waals surface area contributed by atoms with Crippen LogP contribution in [-0.2, 0) is 20.1 Å². The van der Waals surface area contributed by atoms with Crippen molar-refractivity contribution in [2.24, 2.45) is 7.05 Å². The molecular weight excluding hydrogens is 295 g/mol. The topological polar surface area (TPSA) is 42.1 Å². The van der Waals surface area contributed by atoms with Crippen molar-refractivity contribution < 1.29 is 4.39 Å². The Morgan fingerprint density at radius 3 is 2.91 bits per heavy atom. The van der Waals surface area contributed by atoms with Crippen LogP contribution in [0.1, 0.15) is 12.1 Å². The molecule has 1 saturated heterocycles. The monoisotopic (exact) mass is 320 g/mol. The molecule has 0 amide bonds. The molecule has 6 nitrogen and oxygen atoms in total. The molecule has 0 bridgehead atoms. The molecule has 1 aliphatic heterocycles. The lowest BCUT2D eigenvalue weighted by Gasteiger charge is -2.28. The van der Waals surface area contributed by atoms with E-state index in [1.807, 2.05) is 34.7 Å². The summed E-state index contributed by atoms with van der Waals surface area (Å²) in [6.07, 6.45) is 5.44. The summed E-state index contributed by atoms with van der Waals surface area (Å²) in [6.45, 7) is 3.92. The van der Waals surface area contributed by atoms with Crippen LogP contribution in [0.5, 0.6) is 0 Å². The van der Waals surface area contributed by atoms with Gasteiger partial charge in [-0.3, -0.25) is 14.3 Å². The van der Waals surface area contributed by atoms with Crippen molar-refractivity contribution >= 4 is 0 Å². The highest BCUT2D eigenvalue weighted by molar-refractivity contribution is 5.02. The van der Waals surface area contributed by atoms with Gasteiger partial charge < -0.3 is 4.90 Å². The Morgan fingerprint density at radius 2 is 2.22 bits per heavy atom. The van der Waals surface area contributed by atoms with E-state index in [9.17, 15) is 4.39 Å². The molecule has 0 saturated carbocycles. The van der Waals surface area contributed by atoms with Gasteiger partial charge in [-0.2, -0.15) is 10.2 Å². The van der Waals surface area contributed by atoms with Gasteiger partial charge in [-0.25, -0.2) is 4.39 Å². The number of alkyl halides is 1. The predicted octanol–water partition coefficient (Wildman–Crippen LogP) is 1.16. The van der Waals surface area contributed by atoms with Gasteiger partial charge in [0.25, 0.3) is 0 Å². The van der Waals surface area contributed by atoms with Crippen LogP contribution in [0.2, 0.25) is 0 Å². The highest BCUT2D eigenvalue weighted by Crippen LogP contribution is 2.23. The summed E-state index contributed by atoms with van der Waals surface area (Å²) >= 11 is 0. The van der Waals surface area contributed by atoms with E-state index in [0.29, 0.717) is 13.0 Å². The fraction of sp³-hybridized carbons (Fsp3) is 0.625. The highest BCUT2D eigenvalue weighted by Gasteiger charge is 2.33. The fourth-order valence-corrected chi connectivity index (χ4v) is 3.23. The van der Waals surface area contributed by atoms with Crippen molar-refractivity contribution in [3.63, 3.8) is 0 Å². The maximum atomic E-state index is 13.9. The van der Waals surface area contributed by atoms with Gasteiger partial charge in [0, 0.05) is 57.9 Å². The Bertz CT molecular complexity index is 595. The van der Waals surface area contributed by atoms with Crippen molar-refractivity contribution in [3.8, 4) is 0 Å². The molecule has 23 heavy (non-hydrogen) atoms. The summed E-state index contributed by atoms with van der Waals surface area (Å²) < 4.78 is 17.7. The third kappa shape index (κ3) is 4.17. The minimum absolute atomic E-state index is 0.252. The number of hydrogen-bond acceptors (Lipinski definition) is 4. The van der Waals surface area contributed by atoms with Gasteiger partial charge in [0.05, 0.1) is 12.2 Å². The average molecular weight is 320 g/mol. The Labute approximate surface area is 136 Å². The molecule has 0 radical (unpaired) electrons. The van der Waals surface area contributed by atoms with Crippen LogP contribution in [-0.4, -0.2) is 68.3 Å². The summed E-state index contributed by atoms with van der Waals surface area (Å²) in [7, 11) is 4.03. The summed E-state index contributed by atoms with van der Waals surface area (Å²) in [5.41, 5.74) is 1.13. The maximum Gasteiger partial charge on any atom is 0.114 e.